The Morgan fingerprint density at radius 3 is 2.93 bits per heavy atom. The molecule has 3 nitrogen and oxygen atoms in total. The van der Waals surface area contributed by atoms with Crippen molar-refractivity contribution in [1.82, 2.24) is 9.97 Å². The van der Waals surface area contributed by atoms with Gasteiger partial charge in [0.25, 0.3) is 0 Å². The summed E-state index contributed by atoms with van der Waals surface area (Å²) < 4.78 is 0. The molecule has 0 aliphatic heterocycles. The number of aromatic nitrogens is 2. The van der Waals surface area contributed by atoms with Gasteiger partial charge in [0, 0.05) is 23.8 Å². The molecule has 0 amide bonds. The quantitative estimate of drug-likeness (QED) is 0.633. The molecule has 76 valence electrons. The number of benzene rings is 1. The van der Waals surface area contributed by atoms with Crippen molar-refractivity contribution in [3.63, 3.8) is 0 Å². The Labute approximate surface area is 92.8 Å². The Bertz CT molecular complexity index is 431. The molecule has 0 radical (unpaired) electrons. The molecule has 0 bridgehead atoms. The van der Waals surface area contributed by atoms with Crippen molar-refractivity contribution in [1.29, 1.82) is 0 Å². The zero-order valence-corrected chi connectivity index (χ0v) is 8.95. The highest BCUT2D eigenvalue weighted by Crippen LogP contribution is 2.20. The molecular weight excluding hydrogens is 206 g/mol. The Kier molecular flexibility index (Phi) is 3.19. The van der Waals surface area contributed by atoms with E-state index in [1.165, 1.54) is 5.56 Å². The van der Waals surface area contributed by atoms with E-state index in [1.807, 2.05) is 18.2 Å². The summed E-state index contributed by atoms with van der Waals surface area (Å²) in [6, 6.07) is 7.88. The van der Waals surface area contributed by atoms with Crippen molar-refractivity contribution in [3.05, 3.63) is 48.4 Å². The minimum absolute atomic E-state index is 0.798. The number of thioether (sulfide) groups is 1. The lowest BCUT2D eigenvalue weighted by atomic mass is 10.2. The number of nitrogens with two attached hydrogens (primary N) is 1. The van der Waals surface area contributed by atoms with Crippen LogP contribution in [0.15, 0.2) is 47.9 Å². The van der Waals surface area contributed by atoms with Crippen LogP contribution in [0.1, 0.15) is 5.56 Å². The van der Waals surface area contributed by atoms with Crippen LogP contribution in [-0.2, 0) is 5.75 Å². The minimum Gasteiger partial charge on any atom is -0.399 e. The summed E-state index contributed by atoms with van der Waals surface area (Å²) in [6.45, 7) is 0. The fraction of sp³-hybridized carbons (Fsp3) is 0.0909. The van der Waals surface area contributed by atoms with Crippen molar-refractivity contribution < 1.29 is 0 Å². The van der Waals surface area contributed by atoms with E-state index in [-0.39, 0.29) is 0 Å². The van der Waals surface area contributed by atoms with Crippen LogP contribution in [0.2, 0.25) is 0 Å². The first-order valence-electron chi connectivity index (χ1n) is 4.58. The van der Waals surface area contributed by atoms with Crippen molar-refractivity contribution >= 4 is 17.4 Å². The topological polar surface area (TPSA) is 51.8 Å². The van der Waals surface area contributed by atoms with Gasteiger partial charge in [-0.1, -0.05) is 12.1 Å². The number of nitrogen functional groups attached to an aromatic ring is 1. The summed E-state index contributed by atoms with van der Waals surface area (Å²) in [5, 5.41) is 0.930. The van der Waals surface area contributed by atoms with E-state index < -0.39 is 0 Å². The lowest BCUT2D eigenvalue weighted by Crippen LogP contribution is -1.87. The van der Waals surface area contributed by atoms with Gasteiger partial charge in [-0.2, -0.15) is 0 Å². The highest BCUT2D eigenvalue weighted by atomic mass is 32.2. The average molecular weight is 217 g/mol. The fourth-order valence-electron chi connectivity index (χ4n) is 1.20. The van der Waals surface area contributed by atoms with Crippen LogP contribution in [-0.4, -0.2) is 9.97 Å². The maximum absolute atomic E-state index is 5.69. The zero-order chi connectivity index (χ0) is 10.5. The van der Waals surface area contributed by atoms with Gasteiger partial charge in [0.2, 0.25) is 0 Å². The van der Waals surface area contributed by atoms with Crippen LogP contribution in [0.25, 0.3) is 0 Å². The lowest BCUT2D eigenvalue weighted by Gasteiger charge is -2.01. The second-order valence-electron chi connectivity index (χ2n) is 3.08. The largest absolute Gasteiger partial charge is 0.399 e. The third kappa shape index (κ3) is 2.95. The molecule has 0 aliphatic carbocycles. The molecule has 1 aromatic heterocycles. The van der Waals surface area contributed by atoms with Crippen molar-refractivity contribution in [3.8, 4) is 0 Å². The first-order chi connectivity index (χ1) is 7.34. The molecule has 0 atom stereocenters. The first kappa shape index (κ1) is 9.98. The molecule has 0 aliphatic rings. The lowest BCUT2D eigenvalue weighted by molar-refractivity contribution is 1.05. The minimum atomic E-state index is 0.798. The smallest absolute Gasteiger partial charge is 0.115 e. The van der Waals surface area contributed by atoms with Gasteiger partial charge in [-0.3, -0.25) is 4.98 Å². The van der Waals surface area contributed by atoms with Gasteiger partial charge >= 0.3 is 0 Å². The van der Waals surface area contributed by atoms with Gasteiger partial charge in [0.05, 0.1) is 6.20 Å². The number of hydrogen-bond acceptors (Lipinski definition) is 4. The molecule has 1 heterocycles. The monoisotopic (exact) mass is 217 g/mol. The first-order valence-corrected chi connectivity index (χ1v) is 5.56. The molecule has 0 spiro atoms. The molecule has 0 saturated carbocycles. The Hall–Kier alpha value is -1.55. The Morgan fingerprint density at radius 1 is 1.27 bits per heavy atom. The second kappa shape index (κ2) is 4.79. The summed E-state index contributed by atoms with van der Waals surface area (Å²) in [6.07, 6.45) is 5.13. The van der Waals surface area contributed by atoms with E-state index in [0.29, 0.717) is 0 Å². The number of nitrogens with zero attached hydrogens (tertiary/aromatic N) is 2. The maximum Gasteiger partial charge on any atom is 0.115 e. The number of hydrogen-bond donors (Lipinski definition) is 1. The molecular formula is C11H11N3S. The molecule has 15 heavy (non-hydrogen) atoms. The molecule has 4 heteroatoms. The van der Waals surface area contributed by atoms with Crippen LogP contribution >= 0.6 is 11.8 Å². The molecule has 2 rings (SSSR count). The van der Waals surface area contributed by atoms with Gasteiger partial charge < -0.3 is 5.73 Å². The summed E-state index contributed by atoms with van der Waals surface area (Å²) in [4.78, 5) is 8.19. The standard InChI is InChI=1S/C11H11N3S/c12-10-3-1-2-9(6-10)8-15-11-7-13-4-5-14-11/h1-7H,8,12H2. The molecule has 1 aromatic carbocycles. The SMILES string of the molecule is Nc1cccc(CSc2cnccn2)c1. The molecule has 2 aromatic rings. The zero-order valence-electron chi connectivity index (χ0n) is 8.13. The third-order valence-electron chi connectivity index (χ3n) is 1.88. The predicted octanol–water partition coefficient (Wildman–Crippen LogP) is 2.35. The van der Waals surface area contributed by atoms with Crippen molar-refractivity contribution in [2.24, 2.45) is 0 Å². The van der Waals surface area contributed by atoms with Crippen LogP contribution < -0.4 is 5.73 Å². The third-order valence-corrected chi connectivity index (χ3v) is 2.86. The molecule has 0 unspecified atom stereocenters. The fourth-order valence-corrected chi connectivity index (χ4v) is 1.97. The second-order valence-corrected chi connectivity index (χ2v) is 4.07. The summed E-state index contributed by atoms with van der Waals surface area (Å²) in [5.74, 6) is 0.865. The van der Waals surface area contributed by atoms with E-state index in [9.17, 15) is 0 Å². The number of anilines is 1. The van der Waals surface area contributed by atoms with Gasteiger partial charge in [0.1, 0.15) is 5.03 Å². The summed E-state index contributed by atoms with van der Waals surface area (Å²) in [7, 11) is 0. The number of rotatable bonds is 3. The van der Waals surface area contributed by atoms with E-state index in [0.717, 1.165) is 16.5 Å². The van der Waals surface area contributed by atoms with Crippen LogP contribution in [0.5, 0.6) is 0 Å². The van der Waals surface area contributed by atoms with Gasteiger partial charge in [-0.05, 0) is 17.7 Å². The maximum atomic E-state index is 5.69. The Morgan fingerprint density at radius 2 is 2.20 bits per heavy atom. The van der Waals surface area contributed by atoms with E-state index >= 15 is 0 Å². The van der Waals surface area contributed by atoms with E-state index in [4.69, 9.17) is 5.73 Å². The Balaban J connectivity index is 1.99. The predicted molar refractivity (Wildman–Crippen MR) is 62.4 cm³/mol. The normalized spacial score (nSPS) is 10.1. The van der Waals surface area contributed by atoms with Gasteiger partial charge in [0.15, 0.2) is 0 Å². The van der Waals surface area contributed by atoms with E-state index in [2.05, 4.69) is 16.0 Å². The van der Waals surface area contributed by atoms with Crippen LogP contribution in [0.4, 0.5) is 5.69 Å². The molecule has 2 N–H and O–H groups in total. The molecule has 0 saturated heterocycles. The van der Waals surface area contributed by atoms with Gasteiger partial charge in [-0.15, -0.1) is 11.8 Å². The van der Waals surface area contributed by atoms with Crippen LogP contribution in [0.3, 0.4) is 0 Å². The van der Waals surface area contributed by atoms with Gasteiger partial charge in [-0.25, -0.2) is 4.98 Å². The van der Waals surface area contributed by atoms with Crippen molar-refractivity contribution in [2.45, 2.75) is 10.8 Å². The highest BCUT2D eigenvalue weighted by Gasteiger charge is 1.97. The summed E-state index contributed by atoms with van der Waals surface area (Å²) in [5.41, 5.74) is 7.69. The average Bonchev–Trinajstić information content (AvgIpc) is 2.28. The van der Waals surface area contributed by atoms with E-state index in [1.54, 1.807) is 30.4 Å². The van der Waals surface area contributed by atoms with Crippen molar-refractivity contribution in [2.75, 3.05) is 5.73 Å². The highest BCUT2D eigenvalue weighted by molar-refractivity contribution is 7.98. The van der Waals surface area contributed by atoms with Crippen LogP contribution in [0, 0.1) is 0 Å². The molecule has 0 fully saturated rings. The summed E-state index contributed by atoms with van der Waals surface area (Å²) >= 11 is 1.65.